The molecule has 1 N–H and O–H groups in total. The van der Waals surface area contributed by atoms with Crippen molar-refractivity contribution in [2.75, 3.05) is 0 Å². The zero-order chi connectivity index (χ0) is 36.1. The first-order chi connectivity index (χ1) is 26.8. The van der Waals surface area contributed by atoms with Gasteiger partial charge in [-0.25, -0.2) is 0 Å². The molecule has 6 nitrogen and oxygen atoms in total. The summed E-state index contributed by atoms with van der Waals surface area (Å²) in [4.78, 5) is 16.8. The molecule has 3 aliphatic heterocycles. The van der Waals surface area contributed by atoms with Gasteiger partial charge in [0.2, 0.25) is 0 Å². The highest BCUT2D eigenvalue weighted by Gasteiger charge is 2.66. The van der Waals surface area contributed by atoms with Crippen LogP contribution in [0.3, 0.4) is 0 Å². The van der Waals surface area contributed by atoms with E-state index in [9.17, 15) is 0 Å². The van der Waals surface area contributed by atoms with Crippen molar-refractivity contribution in [1.29, 1.82) is 0 Å². The second-order valence-electron chi connectivity index (χ2n) is 14.8. The summed E-state index contributed by atoms with van der Waals surface area (Å²) in [7, 11) is 0. The minimum absolute atomic E-state index is 0.0281. The number of aliphatic imine (C=N–C) groups is 1. The van der Waals surface area contributed by atoms with Crippen LogP contribution in [-0.4, -0.2) is 56.0 Å². The fraction of sp³-hybridized carbons (Fsp3) is 0.229. The van der Waals surface area contributed by atoms with Gasteiger partial charge in [-0.3, -0.25) is 19.7 Å². The van der Waals surface area contributed by atoms with Crippen molar-refractivity contribution in [1.82, 2.24) is 24.9 Å². The molecule has 6 heteroatoms. The lowest BCUT2D eigenvalue weighted by atomic mass is 9.92. The number of nitrogens with one attached hydrogen (secondary N) is 1. The van der Waals surface area contributed by atoms with Crippen LogP contribution in [0.25, 0.3) is 0 Å². The van der Waals surface area contributed by atoms with E-state index in [4.69, 9.17) is 4.99 Å². The lowest BCUT2D eigenvalue weighted by Crippen LogP contribution is -2.76. The van der Waals surface area contributed by atoms with Gasteiger partial charge in [0.05, 0.1) is 31.0 Å². The van der Waals surface area contributed by atoms with E-state index in [1.165, 1.54) is 39.2 Å². The van der Waals surface area contributed by atoms with Crippen molar-refractivity contribution in [3.63, 3.8) is 0 Å². The number of nitrogens with zero attached hydrogens (tertiary/aromatic N) is 5. The molecule has 0 radical (unpaired) electrons. The smallest absolute Gasteiger partial charge is 0.120 e. The molecule has 270 valence electrons. The molecule has 5 unspecified atom stereocenters. The average Bonchev–Trinajstić information content (AvgIpc) is 3.42. The first-order valence-corrected chi connectivity index (χ1v) is 19.4. The maximum Gasteiger partial charge on any atom is 0.120 e. The topological polar surface area (TPSA) is 37.4 Å². The molecule has 54 heavy (non-hydrogen) atoms. The standard InChI is InChI=1S/C48H48N6/c1-7-19-37(20-8-1)31-49-43-44-45(50-32-38-21-9-2-10-22-38)52(34-40-25-13-4-14-26-40)48-47(51(44)33-39-23-11-3-12-24-39)53(35-41-27-15-5-16-28-41)46(43)54(48)36-42-29-17-6-18-30-42/h1-30,43-44,46-49H,31-36H2. The van der Waals surface area contributed by atoms with Gasteiger partial charge < -0.3 is 10.2 Å². The molecule has 0 spiro atoms. The zero-order valence-electron chi connectivity index (χ0n) is 30.7. The van der Waals surface area contributed by atoms with Gasteiger partial charge in [0, 0.05) is 32.7 Å². The van der Waals surface area contributed by atoms with Gasteiger partial charge >= 0.3 is 0 Å². The molecule has 6 aromatic carbocycles. The van der Waals surface area contributed by atoms with E-state index in [-0.39, 0.29) is 30.6 Å². The minimum Gasteiger partial charge on any atom is -0.336 e. The van der Waals surface area contributed by atoms with Crippen LogP contribution in [0.1, 0.15) is 33.4 Å². The Morgan fingerprint density at radius 3 is 1.26 bits per heavy atom. The average molecular weight is 709 g/mol. The first kappa shape index (κ1) is 34.4. The van der Waals surface area contributed by atoms with Crippen molar-refractivity contribution in [3.8, 4) is 0 Å². The van der Waals surface area contributed by atoms with E-state index in [2.05, 4.69) is 207 Å². The first-order valence-electron chi connectivity index (χ1n) is 19.4. The molecule has 5 atom stereocenters. The molecule has 3 fully saturated rings. The van der Waals surface area contributed by atoms with Crippen molar-refractivity contribution in [2.24, 2.45) is 4.99 Å². The summed E-state index contributed by atoms with van der Waals surface area (Å²) in [6.45, 7) is 4.72. The highest BCUT2D eigenvalue weighted by Crippen LogP contribution is 2.47. The van der Waals surface area contributed by atoms with Gasteiger partial charge in [0.25, 0.3) is 0 Å². The van der Waals surface area contributed by atoms with Crippen molar-refractivity contribution < 1.29 is 0 Å². The molecule has 9 rings (SSSR count). The predicted octanol–water partition coefficient (Wildman–Crippen LogP) is 8.14. The van der Waals surface area contributed by atoms with E-state index < -0.39 is 0 Å². The van der Waals surface area contributed by atoms with Crippen LogP contribution in [0.15, 0.2) is 187 Å². The number of fused-ring (bicyclic) bond motifs is 2. The second-order valence-corrected chi connectivity index (χ2v) is 14.8. The largest absolute Gasteiger partial charge is 0.336 e. The van der Waals surface area contributed by atoms with Crippen LogP contribution in [-0.2, 0) is 39.3 Å². The molecule has 0 aromatic heterocycles. The molecule has 0 saturated carbocycles. The molecule has 3 saturated heterocycles. The van der Waals surface area contributed by atoms with Gasteiger partial charge in [-0.05, 0) is 33.4 Å². The third kappa shape index (κ3) is 7.14. The Kier molecular flexibility index (Phi) is 10.1. The quantitative estimate of drug-likeness (QED) is 0.131. The lowest BCUT2D eigenvalue weighted by Gasteiger charge is -2.57. The summed E-state index contributed by atoms with van der Waals surface area (Å²) in [6, 6.07) is 65.9. The highest BCUT2D eigenvalue weighted by atomic mass is 15.7. The number of hydrogen-bond donors (Lipinski definition) is 1. The normalized spacial score (nSPS) is 23.3. The molecular formula is C48H48N6. The highest BCUT2D eigenvalue weighted by molar-refractivity contribution is 5.90. The van der Waals surface area contributed by atoms with Crippen LogP contribution in [0.4, 0.5) is 0 Å². The fourth-order valence-electron chi connectivity index (χ4n) is 9.00. The minimum atomic E-state index is 0.0281. The molecule has 0 aliphatic carbocycles. The van der Waals surface area contributed by atoms with Crippen molar-refractivity contribution in [3.05, 3.63) is 215 Å². The van der Waals surface area contributed by atoms with Gasteiger partial charge in [-0.1, -0.05) is 182 Å². The summed E-state index contributed by atoms with van der Waals surface area (Å²) in [5.74, 6) is 1.17. The van der Waals surface area contributed by atoms with E-state index in [0.29, 0.717) is 6.54 Å². The van der Waals surface area contributed by atoms with Gasteiger partial charge in [-0.15, -0.1) is 0 Å². The maximum atomic E-state index is 5.69. The Balaban J connectivity index is 1.24. The van der Waals surface area contributed by atoms with E-state index >= 15 is 0 Å². The monoisotopic (exact) mass is 708 g/mol. The second kappa shape index (κ2) is 15.9. The van der Waals surface area contributed by atoms with E-state index in [1.807, 2.05) is 0 Å². The Bertz CT molecular complexity index is 2100. The van der Waals surface area contributed by atoms with E-state index in [0.717, 1.165) is 32.7 Å². The van der Waals surface area contributed by atoms with Gasteiger partial charge in [-0.2, -0.15) is 0 Å². The summed E-state index contributed by atoms with van der Waals surface area (Å²) >= 11 is 0. The Morgan fingerprint density at radius 2 is 0.778 bits per heavy atom. The SMILES string of the molecule is c1ccc(CN=C2C3C(NCc4ccccc4)C4N(Cc5ccccc5)C(C(N3Cc3ccccc3)N4Cc3ccccc3)N2Cc2ccccc2)cc1. The Labute approximate surface area is 320 Å². The number of rotatable bonds is 13. The summed E-state index contributed by atoms with van der Waals surface area (Å²) in [6.07, 6.45) is 0.291. The Hall–Kier alpha value is -5.37. The number of benzene rings is 6. The van der Waals surface area contributed by atoms with Crippen LogP contribution in [0.2, 0.25) is 0 Å². The van der Waals surface area contributed by atoms with Gasteiger partial charge in [0.15, 0.2) is 0 Å². The number of piperazine rings is 1. The van der Waals surface area contributed by atoms with Crippen molar-refractivity contribution >= 4 is 5.84 Å². The molecule has 3 bridgehead atoms. The maximum absolute atomic E-state index is 5.69. The van der Waals surface area contributed by atoms with E-state index in [1.54, 1.807) is 0 Å². The van der Waals surface area contributed by atoms with Crippen LogP contribution in [0.5, 0.6) is 0 Å². The lowest BCUT2D eigenvalue weighted by molar-refractivity contribution is -0.0751. The molecule has 0 amide bonds. The predicted molar refractivity (Wildman–Crippen MR) is 218 cm³/mol. The molecule has 6 aromatic rings. The number of amidine groups is 1. The fourth-order valence-corrected chi connectivity index (χ4v) is 9.00. The van der Waals surface area contributed by atoms with Crippen LogP contribution >= 0.6 is 0 Å². The molecule has 3 aliphatic rings. The van der Waals surface area contributed by atoms with Gasteiger partial charge in [0.1, 0.15) is 12.0 Å². The van der Waals surface area contributed by atoms with Crippen LogP contribution < -0.4 is 5.32 Å². The molecular weight excluding hydrogens is 661 g/mol. The van der Waals surface area contributed by atoms with Crippen LogP contribution in [0, 0.1) is 0 Å². The zero-order valence-corrected chi connectivity index (χ0v) is 30.7. The summed E-state index contributed by atoms with van der Waals surface area (Å²) in [5.41, 5.74) is 7.79. The summed E-state index contributed by atoms with van der Waals surface area (Å²) in [5, 5.41) is 4.22. The molecule has 3 heterocycles. The van der Waals surface area contributed by atoms with Crippen molar-refractivity contribution in [2.45, 2.75) is 69.8 Å². The third-order valence-corrected chi connectivity index (χ3v) is 11.3. The summed E-state index contributed by atoms with van der Waals surface area (Å²) < 4.78 is 0. The Morgan fingerprint density at radius 1 is 0.389 bits per heavy atom. The number of hydrogen-bond acceptors (Lipinski definition) is 5. The third-order valence-electron chi connectivity index (χ3n) is 11.3.